The van der Waals surface area contributed by atoms with E-state index in [0.29, 0.717) is 31.9 Å². The Bertz CT molecular complexity index is 753. The van der Waals surface area contributed by atoms with Gasteiger partial charge in [0.2, 0.25) is 5.95 Å². The van der Waals surface area contributed by atoms with Gasteiger partial charge >= 0.3 is 6.18 Å². The third kappa shape index (κ3) is 3.72. The number of anilines is 1. The quantitative estimate of drug-likeness (QED) is 0.615. The molecule has 8 heteroatoms. The molecule has 1 aromatic carbocycles. The Kier molecular flexibility index (Phi) is 4.61. The molecule has 2 heterocycles. The zero-order valence-corrected chi connectivity index (χ0v) is 13.1. The summed E-state index contributed by atoms with van der Waals surface area (Å²) in [4.78, 5) is 19.2. The standard InChI is InChI=1S/C17H15F4N3O/c18-15-14(2-1-7-22-15)16(25)24-10-8-23(9-11-24)13-5-3-12(4-6-13)17(19,20)21/h1-7H,8-11H2. The second kappa shape index (κ2) is 6.70. The summed E-state index contributed by atoms with van der Waals surface area (Å²) in [6.07, 6.45) is -3.09. The van der Waals surface area contributed by atoms with Crippen molar-refractivity contribution in [3.05, 3.63) is 59.7 Å². The number of carbonyl (C=O) groups excluding carboxylic acids is 1. The normalized spacial score (nSPS) is 15.4. The predicted molar refractivity (Wildman–Crippen MR) is 83.8 cm³/mol. The van der Waals surface area contributed by atoms with Gasteiger partial charge in [-0.15, -0.1) is 0 Å². The molecular formula is C17H15F4N3O. The number of alkyl halides is 3. The lowest BCUT2D eigenvalue weighted by Gasteiger charge is -2.36. The maximum atomic E-state index is 13.6. The summed E-state index contributed by atoms with van der Waals surface area (Å²) in [5.74, 6) is -1.24. The van der Waals surface area contributed by atoms with Crippen LogP contribution in [-0.4, -0.2) is 42.0 Å². The van der Waals surface area contributed by atoms with Crippen molar-refractivity contribution in [3.8, 4) is 0 Å². The summed E-state index contributed by atoms with van der Waals surface area (Å²) in [6, 6.07) is 7.79. The molecule has 0 radical (unpaired) electrons. The Labute approximate surface area is 141 Å². The van der Waals surface area contributed by atoms with E-state index in [-0.39, 0.29) is 5.56 Å². The van der Waals surface area contributed by atoms with Crippen molar-refractivity contribution in [1.29, 1.82) is 0 Å². The van der Waals surface area contributed by atoms with E-state index >= 15 is 0 Å². The highest BCUT2D eigenvalue weighted by atomic mass is 19.4. The van der Waals surface area contributed by atoms with Crippen LogP contribution in [0, 0.1) is 5.95 Å². The minimum atomic E-state index is -4.36. The monoisotopic (exact) mass is 353 g/mol. The van der Waals surface area contributed by atoms with Gasteiger partial charge in [0.05, 0.1) is 11.1 Å². The molecular weight excluding hydrogens is 338 g/mol. The number of halogens is 4. The molecule has 1 aliphatic heterocycles. The van der Waals surface area contributed by atoms with Gasteiger partial charge in [-0.25, -0.2) is 4.98 Å². The van der Waals surface area contributed by atoms with E-state index in [0.717, 1.165) is 12.1 Å². The first-order valence-electron chi connectivity index (χ1n) is 7.68. The van der Waals surface area contributed by atoms with Gasteiger partial charge < -0.3 is 9.80 Å². The van der Waals surface area contributed by atoms with Crippen LogP contribution < -0.4 is 4.90 Å². The zero-order valence-electron chi connectivity index (χ0n) is 13.1. The van der Waals surface area contributed by atoms with Gasteiger partial charge in [-0.2, -0.15) is 17.6 Å². The average Bonchev–Trinajstić information content (AvgIpc) is 2.61. The van der Waals surface area contributed by atoms with E-state index in [1.807, 2.05) is 4.90 Å². The number of carbonyl (C=O) groups is 1. The van der Waals surface area contributed by atoms with Gasteiger partial charge in [0.25, 0.3) is 5.91 Å². The fourth-order valence-corrected chi connectivity index (χ4v) is 2.74. The van der Waals surface area contributed by atoms with Gasteiger partial charge in [0, 0.05) is 38.1 Å². The molecule has 2 aromatic rings. The number of nitrogens with zero attached hydrogens (tertiary/aromatic N) is 3. The van der Waals surface area contributed by atoms with Gasteiger partial charge in [-0.3, -0.25) is 4.79 Å². The minimum absolute atomic E-state index is 0.0783. The third-order valence-electron chi connectivity index (χ3n) is 4.12. The Morgan fingerprint density at radius 1 is 1.00 bits per heavy atom. The average molecular weight is 353 g/mol. The molecule has 1 saturated heterocycles. The number of amides is 1. The van der Waals surface area contributed by atoms with E-state index < -0.39 is 23.6 Å². The molecule has 0 bridgehead atoms. The lowest BCUT2D eigenvalue weighted by atomic mass is 10.1. The Morgan fingerprint density at radius 2 is 1.64 bits per heavy atom. The molecule has 3 rings (SSSR count). The number of rotatable bonds is 2. The molecule has 0 aliphatic carbocycles. The first-order valence-corrected chi connectivity index (χ1v) is 7.68. The number of piperazine rings is 1. The smallest absolute Gasteiger partial charge is 0.368 e. The second-order valence-corrected chi connectivity index (χ2v) is 5.67. The maximum Gasteiger partial charge on any atom is 0.416 e. The fraction of sp³-hybridized carbons (Fsp3) is 0.294. The number of pyridine rings is 1. The highest BCUT2D eigenvalue weighted by Gasteiger charge is 2.30. The van der Waals surface area contributed by atoms with Gasteiger partial charge in [-0.05, 0) is 36.4 Å². The van der Waals surface area contributed by atoms with Crippen molar-refractivity contribution in [3.63, 3.8) is 0 Å². The first kappa shape index (κ1) is 17.2. The zero-order chi connectivity index (χ0) is 18.0. The molecule has 25 heavy (non-hydrogen) atoms. The number of hydrogen-bond donors (Lipinski definition) is 0. The molecule has 1 aliphatic rings. The van der Waals surface area contributed by atoms with Gasteiger partial charge in [0.15, 0.2) is 0 Å². The Hall–Kier alpha value is -2.64. The van der Waals surface area contributed by atoms with E-state index in [9.17, 15) is 22.4 Å². The van der Waals surface area contributed by atoms with Crippen LogP contribution in [0.3, 0.4) is 0 Å². The summed E-state index contributed by atoms with van der Waals surface area (Å²) in [5, 5.41) is 0. The second-order valence-electron chi connectivity index (χ2n) is 5.67. The minimum Gasteiger partial charge on any atom is -0.368 e. The molecule has 0 unspecified atom stereocenters. The molecule has 1 fully saturated rings. The van der Waals surface area contributed by atoms with Crippen molar-refractivity contribution in [1.82, 2.24) is 9.88 Å². The Balaban J connectivity index is 1.64. The van der Waals surface area contributed by atoms with Crippen LogP contribution in [-0.2, 0) is 6.18 Å². The molecule has 132 valence electrons. The van der Waals surface area contributed by atoms with Crippen LogP contribution >= 0.6 is 0 Å². The van der Waals surface area contributed by atoms with Crippen molar-refractivity contribution in [2.75, 3.05) is 31.1 Å². The van der Waals surface area contributed by atoms with Crippen molar-refractivity contribution >= 4 is 11.6 Å². The van der Waals surface area contributed by atoms with Crippen molar-refractivity contribution in [2.24, 2.45) is 0 Å². The van der Waals surface area contributed by atoms with E-state index in [1.54, 1.807) is 0 Å². The molecule has 0 spiro atoms. The van der Waals surface area contributed by atoms with E-state index in [1.165, 1.54) is 35.4 Å². The van der Waals surface area contributed by atoms with Crippen molar-refractivity contribution < 1.29 is 22.4 Å². The molecule has 0 atom stereocenters. The largest absolute Gasteiger partial charge is 0.416 e. The summed E-state index contributed by atoms with van der Waals surface area (Å²) in [6.45, 7) is 1.63. The SMILES string of the molecule is O=C(c1cccnc1F)N1CCN(c2ccc(C(F)(F)F)cc2)CC1. The maximum absolute atomic E-state index is 13.6. The van der Waals surface area contributed by atoms with Crippen LogP contribution in [0.15, 0.2) is 42.6 Å². The summed E-state index contributed by atoms with van der Waals surface area (Å²) in [7, 11) is 0. The number of aromatic nitrogens is 1. The summed E-state index contributed by atoms with van der Waals surface area (Å²) < 4.78 is 51.4. The first-order chi connectivity index (χ1) is 11.9. The van der Waals surface area contributed by atoms with Crippen LogP contribution in [0.4, 0.5) is 23.2 Å². The fourth-order valence-electron chi connectivity index (χ4n) is 2.74. The summed E-state index contributed by atoms with van der Waals surface area (Å²) in [5.41, 5.74) is -0.116. The van der Waals surface area contributed by atoms with E-state index in [4.69, 9.17) is 0 Å². The molecule has 0 N–H and O–H groups in total. The van der Waals surface area contributed by atoms with Gasteiger partial charge in [-0.1, -0.05) is 0 Å². The van der Waals surface area contributed by atoms with Gasteiger partial charge in [0.1, 0.15) is 0 Å². The molecule has 4 nitrogen and oxygen atoms in total. The highest BCUT2D eigenvalue weighted by molar-refractivity contribution is 5.94. The number of benzene rings is 1. The third-order valence-corrected chi connectivity index (χ3v) is 4.12. The van der Waals surface area contributed by atoms with Crippen molar-refractivity contribution in [2.45, 2.75) is 6.18 Å². The molecule has 1 amide bonds. The number of hydrogen-bond acceptors (Lipinski definition) is 3. The topological polar surface area (TPSA) is 36.4 Å². The van der Waals surface area contributed by atoms with Crippen LogP contribution in [0.25, 0.3) is 0 Å². The lowest BCUT2D eigenvalue weighted by Crippen LogP contribution is -2.49. The predicted octanol–water partition coefficient (Wildman–Crippen LogP) is 3.20. The molecule has 0 saturated carbocycles. The summed E-state index contributed by atoms with van der Waals surface area (Å²) >= 11 is 0. The lowest BCUT2D eigenvalue weighted by molar-refractivity contribution is -0.137. The van der Waals surface area contributed by atoms with E-state index in [2.05, 4.69) is 4.98 Å². The van der Waals surface area contributed by atoms with Crippen LogP contribution in [0.2, 0.25) is 0 Å². The van der Waals surface area contributed by atoms with Crippen LogP contribution in [0.5, 0.6) is 0 Å². The molecule has 1 aromatic heterocycles. The van der Waals surface area contributed by atoms with Crippen LogP contribution in [0.1, 0.15) is 15.9 Å². The highest BCUT2D eigenvalue weighted by Crippen LogP contribution is 2.30. The Morgan fingerprint density at radius 3 is 2.20 bits per heavy atom.